The molecule has 0 radical (unpaired) electrons. The summed E-state index contributed by atoms with van der Waals surface area (Å²) in [6, 6.07) is 21.3. The third-order valence-electron chi connectivity index (χ3n) is 4.30. The van der Waals surface area contributed by atoms with Gasteiger partial charge in [-0.3, -0.25) is 9.59 Å². The van der Waals surface area contributed by atoms with Crippen molar-refractivity contribution in [3.8, 4) is 5.75 Å². The molecular weight excluding hydrogens is 340 g/mol. The number of carbonyl (C=O) groups is 2. The van der Waals surface area contributed by atoms with Crippen LogP contribution in [0.4, 0.5) is 0 Å². The molecule has 5 nitrogen and oxygen atoms in total. The number of ether oxygens (including phenoxy) is 1. The molecule has 0 saturated heterocycles. The number of rotatable bonds is 7. The van der Waals surface area contributed by atoms with Crippen LogP contribution in [0, 0.1) is 0 Å². The lowest BCUT2D eigenvalue weighted by molar-refractivity contribution is -0.125. The first-order chi connectivity index (χ1) is 13.2. The maximum Gasteiger partial charge on any atom is 0.239 e. The summed E-state index contributed by atoms with van der Waals surface area (Å²) >= 11 is 0. The van der Waals surface area contributed by atoms with Crippen LogP contribution in [-0.4, -0.2) is 25.5 Å². The molecule has 0 unspecified atom stereocenters. The van der Waals surface area contributed by atoms with Crippen LogP contribution in [-0.2, 0) is 22.6 Å². The number of fused-ring (bicyclic) bond motifs is 1. The smallest absolute Gasteiger partial charge is 0.239 e. The van der Waals surface area contributed by atoms with E-state index in [0.29, 0.717) is 6.54 Å². The second kappa shape index (κ2) is 8.85. The predicted octanol–water partition coefficient (Wildman–Crippen LogP) is 2.82. The average Bonchev–Trinajstić information content (AvgIpc) is 2.71. The van der Waals surface area contributed by atoms with Crippen molar-refractivity contribution < 1.29 is 14.3 Å². The molecule has 0 spiro atoms. The van der Waals surface area contributed by atoms with Gasteiger partial charge in [-0.1, -0.05) is 54.6 Å². The van der Waals surface area contributed by atoms with Crippen molar-refractivity contribution in [2.75, 3.05) is 13.7 Å². The zero-order valence-electron chi connectivity index (χ0n) is 15.2. The normalized spacial score (nSPS) is 10.4. The molecule has 3 aromatic rings. The molecule has 0 saturated carbocycles. The maximum absolute atomic E-state index is 12.2. The molecule has 3 aromatic carbocycles. The minimum Gasteiger partial charge on any atom is -0.497 e. The Morgan fingerprint density at radius 3 is 2.52 bits per heavy atom. The van der Waals surface area contributed by atoms with Gasteiger partial charge in [-0.05, 0) is 34.0 Å². The molecule has 0 fully saturated rings. The van der Waals surface area contributed by atoms with Crippen LogP contribution < -0.4 is 15.4 Å². The van der Waals surface area contributed by atoms with Gasteiger partial charge in [0.15, 0.2) is 0 Å². The van der Waals surface area contributed by atoms with E-state index in [-0.39, 0.29) is 24.8 Å². The lowest BCUT2D eigenvalue weighted by Crippen LogP contribution is -2.37. The highest BCUT2D eigenvalue weighted by Crippen LogP contribution is 2.18. The summed E-state index contributed by atoms with van der Waals surface area (Å²) in [4.78, 5) is 24.2. The zero-order chi connectivity index (χ0) is 19.1. The molecule has 0 aliphatic rings. The van der Waals surface area contributed by atoms with Crippen LogP contribution in [0.15, 0.2) is 66.7 Å². The number of benzene rings is 3. The number of hydrogen-bond acceptors (Lipinski definition) is 3. The molecule has 2 amide bonds. The minimum absolute atomic E-state index is 0.0480. The lowest BCUT2D eigenvalue weighted by Gasteiger charge is -2.09. The van der Waals surface area contributed by atoms with Gasteiger partial charge in [-0.25, -0.2) is 0 Å². The molecule has 0 bridgehead atoms. The van der Waals surface area contributed by atoms with Crippen LogP contribution >= 0.6 is 0 Å². The lowest BCUT2D eigenvalue weighted by atomic mass is 10.0. The first kappa shape index (κ1) is 18.5. The van der Waals surface area contributed by atoms with E-state index in [1.54, 1.807) is 7.11 Å². The highest BCUT2D eigenvalue weighted by Gasteiger charge is 2.09. The molecule has 0 aliphatic carbocycles. The third-order valence-corrected chi connectivity index (χ3v) is 4.30. The first-order valence-electron chi connectivity index (χ1n) is 8.78. The minimum atomic E-state index is -0.232. The van der Waals surface area contributed by atoms with Crippen molar-refractivity contribution in [3.05, 3.63) is 77.9 Å². The number of hydrogen-bond donors (Lipinski definition) is 2. The van der Waals surface area contributed by atoms with Crippen molar-refractivity contribution in [1.82, 2.24) is 10.6 Å². The fourth-order valence-corrected chi connectivity index (χ4v) is 2.91. The van der Waals surface area contributed by atoms with Gasteiger partial charge in [0.25, 0.3) is 0 Å². The summed E-state index contributed by atoms with van der Waals surface area (Å²) in [6.45, 7) is 0.336. The van der Waals surface area contributed by atoms with E-state index in [1.165, 1.54) is 0 Å². The summed E-state index contributed by atoms with van der Waals surface area (Å²) in [5.74, 6) is 0.331. The highest BCUT2D eigenvalue weighted by atomic mass is 16.5. The Balaban J connectivity index is 1.49. The van der Waals surface area contributed by atoms with Crippen LogP contribution in [0.2, 0.25) is 0 Å². The number of methoxy groups -OCH3 is 1. The number of amides is 2. The molecule has 2 N–H and O–H groups in total. The Morgan fingerprint density at radius 1 is 0.889 bits per heavy atom. The summed E-state index contributed by atoms with van der Waals surface area (Å²) < 4.78 is 5.16. The summed E-state index contributed by atoms with van der Waals surface area (Å²) in [7, 11) is 1.60. The van der Waals surface area contributed by atoms with Gasteiger partial charge in [-0.2, -0.15) is 0 Å². The van der Waals surface area contributed by atoms with Crippen molar-refractivity contribution >= 4 is 22.6 Å². The molecule has 0 atom stereocenters. The van der Waals surface area contributed by atoms with Gasteiger partial charge in [0.1, 0.15) is 5.75 Å². The molecule has 0 aromatic heterocycles. The van der Waals surface area contributed by atoms with Crippen molar-refractivity contribution in [2.24, 2.45) is 0 Å². The Morgan fingerprint density at radius 2 is 1.67 bits per heavy atom. The fourth-order valence-electron chi connectivity index (χ4n) is 2.91. The summed E-state index contributed by atoms with van der Waals surface area (Å²) in [6.07, 6.45) is 0.241. The molecule has 3 rings (SSSR count). The van der Waals surface area contributed by atoms with E-state index in [9.17, 15) is 9.59 Å². The molecule has 5 heteroatoms. The second-order valence-electron chi connectivity index (χ2n) is 6.22. The van der Waals surface area contributed by atoms with Gasteiger partial charge in [0.2, 0.25) is 11.8 Å². The van der Waals surface area contributed by atoms with Crippen molar-refractivity contribution in [2.45, 2.75) is 13.0 Å². The largest absolute Gasteiger partial charge is 0.497 e. The molecule has 0 heterocycles. The van der Waals surface area contributed by atoms with E-state index in [0.717, 1.165) is 27.6 Å². The Labute approximate surface area is 158 Å². The third kappa shape index (κ3) is 5.07. The van der Waals surface area contributed by atoms with Gasteiger partial charge >= 0.3 is 0 Å². The quantitative estimate of drug-likeness (QED) is 0.679. The SMILES string of the molecule is COc1cccc(CNC(=O)CNC(=O)Cc2cccc3ccccc23)c1. The monoisotopic (exact) mass is 362 g/mol. The second-order valence-corrected chi connectivity index (χ2v) is 6.22. The zero-order valence-corrected chi connectivity index (χ0v) is 15.2. The van der Waals surface area contributed by atoms with Crippen molar-refractivity contribution in [1.29, 1.82) is 0 Å². The maximum atomic E-state index is 12.2. The molecular formula is C22H22N2O3. The van der Waals surface area contributed by atoms with E-state index >= 15 is 0 Å². The summed E-state index contributed by atoms with van der Waals surface area (Å²) in [5, 5.41) is 7.62. The highest BCUT2D eigenvalue weighted by molar-refractivity contribution is 5.91. The van der Waals surface area contributed by atoms with Gasteiger partial charge in [0.05, 0.1) is 20.1 Å². The topological polar surface area (TPSA) is 67.4 Å². The first-order valence-corrected chi connectivity index (χ1v) is 8.78. The van der Waals surface area contributed by atoms with E-state index in [2.05, 4.69) is 10.6 Å². The molecule has 138 valence electrons. The fraction of sp³-hybridized carbons (Fsp3) is 0.182. The number of carbonyl (C=O) groups excluding carboxylic acids is 2. The van der Waals surface area contributed by atoms with Gasteiger partial charge in [0, 0.05) is 6.54 Å². The number of nitrogens with one attached hydrogen (secondary N) is 2. The van der Waals surface area contributed by atoms with Crippen LogP contribution in [0.5, 0.6) is 5.75 Å². The molecule has 27 heavy (non-hydrogen) atoms. The predicted molar refractivity (Wildman–Crippen MR) is 106 cm³/mol. The van der Waals surface area contributed by atoms with Crippen LogP contribution in [0.1, 0.15) is 11.1 Å². The average molecular weight is 362 g/mol. The van der Waals surface area contributed by atoms with Gasteiger partial charge < -0.3 is 15.4 Å². The Bertz CT molecular complexity index is 948. The standard InChI is InChI=1S/C22H22N2O3/c1-27-19-10-4-6-16(12-19)14-23-22(26)15-24-21(25)13-18-9-5-8-17-7-2-3-11-20(17)18/h2-12H,13-15H2,1H3,(H,23,26)(H,24,25). The Kier molecular flexibility index (Phi) is 6.05. The van der Waals surface area contributed by atoms with E-state index in [1.807, 2.05) is 66.7 Å². The van der Waals surface area contributed by atoms with Gasteiger partial charge in [-0.15, -0.1) is 0 Å². The van der Waals surface area contributed by atoms with E-state index in [4.69, 9.17) is 4.74 Å². The molecule has 0 aliphatic heterocycles. The van der Waals surface area contributed by atoms with Crippen LogP contribution in [0.3, 0.4) is 0 Å². The van der Waals surface area contributed by atoms with Crippen molar-refractivity contribution in [3.63, 3.8) is 0 Å². The Hall–Kier alpha value is -3.34. The van der Waals surface area contributed by atoms with E-state index < -0.39 is 0 Å². The summed E-state index contributed by atoms with van der Waals surface area (Å²) in [5.41, 5.74) is 1.88. The van der Waals surface area contributed by atoms with Crippen LogP contribution in [0.25, 0.3) is 10.8 Å².